The predicted octanol–water partition coefficient (Wildman–Crippen LogP) is 2.01. The Morgan fingerprint density at radius 3 is 2.73 bits per heavy atom. The lowest BCUT2D eigenvalue weighted by molar-refractivity contribution is 0.0815. The van der Waals surface area contributed by atoms with Crippen LogP contribution >= 0.6 is 0 Å². The number of nitrogens with two attached hydrogens (primary N) is 1. The predicted molar refractivity (Wildman–Crippen MR) is 102 cm³/mol. The number of anilines is 2. The molecule has 0 bridgehead atoms. The van der Waals surface area contributed by atoms with Crippen molar-refractivity contribution in [1.82, 2.24) is 19.4 Å². The highest BCUT2D eigenvalue weighted by atomic mass is 16.2. The highest BCUT2D eigenvalue weighted by molar-refractivity contribution is 6.01. The van der Waals surface area contributed by atoms with Crippen molar-refractivity contribution in [3.63, 3.8) is 0 Å². The Labute approximate surface area is 153 Å². The van der Waals surface area contributed by atoms with Gasteiger partial charge in [0.15, 0.2) is 0 Å². The number of rotatable bonds is 7. The molecule has 1 aliphatic carbocycles. The fourth-order valence-corrected chi connectivity index (χ4v) is 3.62. The molecule has 0 atom stereocenters. The van der Waals surface area contributed by atoms with Gasteiger partial charge in [-0.25, -0.2) is 0 Å². The number of aliphatic hydroxyl groups excluding tert-OH is 1. The molecule has 0 aliphatic heterocycles. The lowest BCUT2D eigenvalue weighted by Gasteiger charge is -2.19. The maximum Gasteiger partial charge on any atom is 0.270 e. The first-order valence-corrected chi connectivity index (χ1v) is 9.27. The number of nitrogens with zero attached hydrogens (tertiary/aromatic N) is 4. The van der Waals surface area contributed by atoms with Crippen molar-refractivity contribution in [2.24, 2.45) is 0 Å². The SMILES string of the molecule is CN(C)C(=O)c1cc2c(NCCCCO)nc(N)nc2n1C1CCCC1. The summed E-state index contributed by atoms with van der Waals surface area (Å²) in [6.45, 7) is 0.847. The lowest BCUT2D eigenvalue weighted by Crippen LogP contribution is -2.25. The molecular formula is C18H28N6O2. The minimum atomic E-state index is -0.0419. The first kappa shape index (κ1) is 18.4. The summed E-state index contributed by atoms with van der Waals surface area (Å²) in [6.07, 6.45) is 5.96. The maximum atomic E-state index is 12.8. The van der Waals surface area contributed by atoms with E-state index in [0.29, 0.717) is 18.1 Å². The van der Waals surface area contributed by atoms with Crippen molar-refractivity contribution in [2.45, 2.75) is 44.6 Å². The van der Waals surface area contributed by atoms with E-state index in [2.05, 4.69) is 19.9 Å². The third kappa shape index (κ3) is 3.60. The van der Waals surface area contributed by atoms with Crippen LogP contribution in [0.1, 0.15) is 55.1 Å². The monoisotopic (exact) mass is 360 g/mol. The molecule has 8 nitrogen and oxygen atoms in total. The largest absolute Gasteiger partial charge is 0.396 e. The van der Waals surface area contributed by atoms with Gasteiger partial charge in [0, 0.05) is 33.3 Å². The van der Waals surface area contributed by atoms with Crippen LogP contribution in [0.2, 0.25) is 0 Å². The summed E-state index contributed by atoms with van der Waals surface area (Å²) in [4.78, 5) is 23.2. The molecule has 0 unspecified atom stereocenters. The summed E-state index contributed by atoms with van der Waals surface area (Å²) < 4.78 is 2.06. The van der Waals surface area contributed by atoms with Crippen molar-refractivity contribution in [1.29, 1.82) is 0 Å². The first-order valence-electron chi connectivity index (χ1n) is 9.27. The second-order valence-electron chi connectivity index (χ2n) is 7.06. The van der Waals surface area contributed by atoms with Gasteiger partial charge in [-0.1, -0.05) is 12.8 Å². The highest BCUT2D eigenvalue weighted by Gasteiger charge is 2.27. The number of carbonyl (C=O) groups excluding carboxylic acids is 1. The molecule has 0 saturated heterocycles. The molecule has 3 rings (SSSR count). The van der Waals surface area contributed by atoms with E-state index in [1.807, 2.05) is 6.07 Å². The summed E-state index contributed by atoms with van der Waals surface area (Å²) in [7, 11) is 3.51. The van der Waals surface area contributed by atoms with E-state index in [4.69, 9.17) is 10.8 Å². The van der Waals surface area contributed by atoms with E-state index in [9.17, 15) is 4.79 Å². The van der Waals surface area contributed by atoms with Crippen LogP contribution in [0, 0.1) is 0 Å². The quantitative estimate of drug-likeness (QED) is 0.652. The van der Waals surface area contributed by atoms with Crippen molar-refractivity contribution in [3.8, 4) is 0 Å². The van der Waals surface area contributed by atoms with Gasteiger partial charge in [0.25, 0.3) is 5.91 Å². The third-order valence-corrected chi connectivity index (χ3v) is 4.90. The molecule has 1 fully saturated rings. The van der Waals surface area contributed by atoms with Crippen LogP contribution in [0.5, 0.6) is 0 Å². The molecule has 1 aliphatic rings. The standard InChI is InChI=1S/C18H28N6O2/c1-23(2)17(26)14-11-13-15(20-9-5-6-10-25)21-18(19)22-16(13)24(14)12-7-3-4-8-12/h11-12,25H,3-10H2,1-2H3,(H3,19,20,21,22). The summed E-state index contributed by atoms with van der Waals surface area (Å²) in [5.41, 5.74) is 7.31. The van der Waals surface area contributed by atoms with Gasteiger partial charge in [-0.3, -0.25) is 4.79 Å². The zero-order valence-electron chi connectivity index (χ0n) is 15.5. The molecule has 0 spiro atoms. The second-order valence-corrected chi connectivity index (χ2v) is 7.06. The number of nitrogens with one attached hydrogen (secondary N) is 1. The molecule has 4 N–H and O–H groups in total. The van der Waals surface area contributed by atoms with Crippen molar-refractivity contribution >= 4 is 28.7 Å². The minimum Gasteiger partial charge on any atom is -0.396 e. The number of carbonyl (C=O) groups is 1. The van der Waals surface area contributed by atoms with Gasteiger partial charge < -0.3 is 25.6 Å². The topological polar surface area (TPSA) is 109 Å². The highest BCUT2D eigenvalue weighted by Crippen LogP contribution is 2.36. The Hall–Kier alpha value is -2.35. The van der Waals surface area contributed by atoms with Crippen LogP contribution in [-0.2, 0) is 0 Å². The molecule has 1 saturated carbocycles. The van der Waals surface area contributed by atoms with Gasteiger partial charge in [-0.15, -0.1) is 0 Å². The normalized spacial score (nSPS) is 14.9. The Morgan fingerprint density at radius 1 is 1.35 bits per heavy atom. The van der Waals surface area contributed by atoms with Gasteiger partial charge in [0.1, 0.15) is 17.2 Å². The smallest absolute Gasteiger partial charge is 0.270 e. The lowest BCUT2D eigenvalue weighted by atomic mass is 10.2. The summed E-state index contributed by atoms with van der Waals surface area (Å²) in [6, 6.07) is 2.15. The third-order valence-electron chi connectivity index (χ3n) is 4.90. The van der Waals surface area contributed by atoms with Crippen LogP contribution in [0.25, 0.3) is 11.0 Å². The molecule has 0 aromatic carbocycles. The average molecular weight is 360 g/mol. The summed E-state index contributed by atoms with van der Waals surface area (Å²) >= 11 is 0. The van der Waals surface area contributed by atoms with Gasteiger partial charge >= 0.3 is 0 Å². The molecule has 142 valence electrons. The molecule has 2 aromatic rings. The molecule has 0 radical (unpaired) electrons. The Balaban J connectivity index is 2.07. The van der Waals surface area contributed by atoms with E-state index in [1.165, 1.54) is 0 Å². The average Bonchev–Trinajstić information content (AvgIpc) is 3.24. The van der Waals surface area contributed by atoms with Crippen molar-refractivity contribution in [2.75, 3.05) is 38.3 Å². The van der Waals surface area contributed by atoms with Crippen LogP contribution in [0.15, 0.2) is 6.07 Å². The minimum absolute atomic E-state index is 0.0419. The molecule has 26 heavy (non-hydrogen) atoms. The first-order chi connectivity index (χ1) is 12.5. The summed E-state index contributed by atoms with van der Waals surface area (Å²) in [5.74, 6) is 0.804. The van der Waals surface area contributed by atoms with Gasteiger partial charge in [0.2, 0.25) is 5.95 Å². The fourth-order valence-electron chi connectivity index (χ4n) is 3.62. The molecule has 2 heterocycles. The van der Waals surface area contributed by atoms with Gasteiger partial charge in [0.05, 0.1) is 5.39 Å². The second kappa shape index (κ2) is 7.90. The van der Waals surface area contributed by atoms with Crippen molar-refractivity contribution in [3.05, 3.63) is 11.8 Å². The van der Waals surface area contributed by atoms with Gasteiger partial charge in [-0.05, 0) is 31.7 Å². The number of nitrogen functional groups attached to an aromatic ring is 1. The zero-order valence-corrected chi connectivity index (χ0v) is 15.5. The van der Waals surface area contributed by atoms with E-state index < -0.39 is 0 Å². The Morgan fingerprint density at radius 2 is 2.08 bits per heavy atom. The van der Waals surface area contributed by atoms with Crippen LogP contribution in [0.3, 0.4) is 0 Å². The van der Waals surface area contributed by atoms with E-state index in [-0.39, 0.29) is 24.5 Å². The Kier molecular flexibility index (Phi) is 5.61. The number of fused-ring (bicyclic) bond motifs is 1. The van der Waals surface area contributed by atoms with Gasteiger partial charge in [-0.2, -0.15) is 9.97 Å². The molecule has 1 amide bonds. The van der Waals surface area contributed by atoms with Crippen LogP contribution < -0.4 is 11.1 Å². The van der Waals surface area contributed by atoms with E-state index >= 15 is 0 Å². The van der Waals surface area contributed by atoms with Crippen molar-refractivity contribution < 1.29 is 9.90 Å². The van der Waals surface area contributed by atoms with Crippen LogP contribution in [-0.4, -0.2) is 57.7 Å². The fraction of sp³-hybridized carbons (Fsp3) is 0.611. The molecular weight excluding hydrogens is 332 g/mol. The number of aromatic nitrogens is 3. The Bertz CT molecular complexity index is 780. The van der Waals surface area contributed by atoms with Crippen LogP contribution in [0.4, 0.5) is 11.8 Å². The number of aliphatic hydroxyl groups is 1. The van der Waals surface area contributed by atoms with E-state index in [1.54, 1.807) is 19.0 Å². The van der Waals surface area contributed by atoms with E-state index in [0.717, 1.165) is 49.6 Å². The number of unbranched alkanes of at least 4 members (excludes halogenated alkanes) is 1. The molecule has 8 heteroatoms. The molecule has 2 aromatic heterocycles. The zero-order chi connectivity index (χ0) is 18.7. The number of hydrogen-bond acceptors (Lipinski definition) is 6. The summed E-state index contributed by atoms with van der Waals surface area (Å²) in [5, 5.41) is 13.0. The number of amides is 1. The number of hydrogen-bond donors (Lipinski definition) is 3. The maximum absolute atomic E-state index is 12.8.